The maximum Gasteiger partial charge on any atom is 0.302 e. The molecular formula is C31H49N5O5. The van der Waals surface area contributed by atoms with Gasteiger partial charge in [0.25, 0.3) is 0 Å². The first-order chi connectivity index (χ1) is 19.7. The number of ether oxygens (including phenoxy) is 2. The van der Waals surface area contributed by atoms with E-state index in [-0.39, 0.29) is 29.2 Å². The summed E-state index contributed by atoms with van der Waals surface area (Å²) < 4.78 is 12.0. The van der Waals surface area contributed by atoms with Crippen LogP contribution in [0.15, 0.2) is 23.2 Å². The van der Waals surface area contributed by atoms with Gasteiger partial charge in [0, 0.05) is 63.7 Å². The number of hydrogen-bond donors (Lipinski definition) is 6. The maximum atomic E-state index is 12.1. The number of aromatic hydroxyl groups is 1. The Morgan fingerprint density at radius 3 is 2.83 bits per heavy atom. The number of nitrogens with one attached hydrogen (secondary N) is 3. The van der Waals surface area contributed by atoms with Gasteiger partial charge in [-0.25, -0.2) is 0 Å². The Morgan fingerprint density at radius 1 is 1.32 bits per heavy atom. The van der Waals surface area contributed by atoms with Crippen molar-refractivity contribution < 1.29 is 24.5 Å². The highest BCUT2D eigenvalue weighted by molar-refractivity contribution is 5.77. The fourth-order valence-electron chi connectivity index (χ4n) is 5.75. The number of guanidine groups is 1. The number of likely N-dealkylation sites (N-methyl/N-ethyl adjacent to an activating group) is 1. The molecule has 0 spiro atoms. The fourth-order valence-corrected chi connectivity index (χ4v) is 5.75. The van der Waals surface area contributed by atoms with E-state index in [2.05, 4.69) is 39.7 Å². The molecule has 1 heterocycles. The molecule has 1 aliphatic heterocycles. The molecule has 0 bridgehead atoms. The highest BCUT2D eigenvalue weighted by Crippen LogP contribution is 2.34. The summed E-state index contributed by atoms with van der Waals surface area (Å²) in [5, 5.41) is 31.4. The fraction of sp³-hybridized carbons (Fsp3) is 0.677. The van der Waals surface area contributed by atoms with E-state index in [1.807, 2.05) is 19.2 Å². The molecule has 0 aromatic heterocycles. The smallest absolute Gasteiger partial charge is 0.302 e. The van der Waals surface area contributed by atoms with Crippen LogP contribution in [-0.2, 0) is 16.0 Å². The molecule has 228 valence electrons. The van der Waals surface area contributed by atoms with Crippen molar-refractivity contribution in [2.75, 3.05) is 33.7 Å². The lowest BCUT2D eigenvalue weighted by atomic mass is 9.77. The number of aliphatic imine (C=N–C) groups is 1. The first-order valence-electron chi connectivity index (χ1n) is 14.8. The molecule has 10 heteroatoms. The van der Waals surface area contributed by atoms with Gasteiger partial charge in [0.15, 0.2) is 17.5 Å². The Kier molecular flexibility index (Phi) is 12.6. The summed E-state index contributed by atoms with van der Waals surface area (Å²) >= 11 is 0. The Balaban J connectivity index is 1.84. The number of carbonyl (C=O) groups is 1. The van der Waals surface area contributed by atoms with E-state index < -0.39 is 12.2 Å². The predicted molar refractivity (Wildman–Crippen MR) is 161 cm³/mol. The molecule has 10 nitrogen and oxygen atoms in total. The number of aliphatic hydroxyl groups excluding tert-OH is 1. The van der Waals surface area contributed by atoms with Crippen LogP contribution in [0.5, 0.6) is 11.5 Å². The van der Waals surface area contributed by atoms with Crippen molar-refractivity contribution in [3.05, 3.63) is 23.8 Å². The molecule has 6 unspecified atom stereocenters. The first-order valence-corrected chi connectivity index (χ1v) is 14.8. The number of rotatable bonds is 10. The molecular weight excluding hydrogens is 522 g/mol. The quantitative estimate of drug-likeness (QED) is 0.107. The number of phenols is 1. The third-order valence-electron chi connectivity index (χ3n) is 8.26. The predicted octanol–water partition coefficient (Wildman–Crippen LogP) is 2.07. The number of piperidine rings is 1. The molecule has 1 fully saturated rings. The molecule has 0 amide bonds. The Labute approximate surface area is 244 Å². The van der Waals surface area contributed by atoms with E-state index >= 15 is 0 Å². The lowest BCUT2D eigenvalue weighted by Gasteiger charge is -2.33. The number of aliphatic hydroxyl groups is 1. The van der Waals surface area contributed by atoms with Crippen LogP contribution in [0, 0.1) is 23.2 Å². The summed E-state index contributed by atoms with van der Waals surface area (Å²) in [5.41, 5.74) is 6.47. The zero-order valence-electron chi connectivity index (χ0n) is 25.0. The van der Waals surface area contributed by atoms with Gasteiger partial charge in [0.1, 0.15) is 12.2 Å². The largest absolute Gasteiger partial charge is 0.504 e. The van der Waals surface area contributed by atoms with Crippen molar-refractivity contribution in [2.45, 2.75) is 89.6 Å². The van der Waals surface area contributed by atoms with Gasteiger partial charge in [0.2, 0.25) is 0 Å². The standard InChI is InChI=1S/C31H49N5O5/c1-5-31(20-36-30(32)34-4)12-6-7-23(28(40-21(2)37)18-25(38)10-13-31)15-22-8-9-27(39)29(16-22)41-26-11-14-35-24(17-26)19-33-3/h8-9,16,23-26,28,33,35,38-39H,5,7,10-11,13-15,17-20H2,1-4H3,(H3,32,34,36). The van der Waals surface area contributed by atoms with E-state index in [1.165, 1.54) is 6.92 Å². The van der Waals surface area contributed by atoms with Crippen LogP contribution in [0.3, 0.4) is 0 Å². The van der Waals surface area contributed by atoms with Gasteiger partial charge in [-0.2, -0.15) is 0 Å². The molecule has 7 N–H and O–H groups in total. The number of hydrogen-bond acceptors (Lipinski definition) is 8. The summed E-state index contributed by atoms with van der Waals surface area (Å²) in [7, 11) is 3.57. The number of esters is 1. The average molecular weight is 572 g/mol. The SMILES string of the molecule is CCC1(CNC(N)=NC)C#CCC(Cc2ccc(O)c(OC3CCNC(CNC)C3)c2)C(OC(C)=O)CC(O)CC1. The second kappa shape index (κ2) is 15.9. The Morgan fingerprint density at radius 2 is 2.12 bits per heavy atom. The number of phenolic OH excluding ortho intramolecular Hbond substituents is 1. The van der Waals surface area contributed by atoms with Gasteiger partial charge >= 0.3 is 5.97 Å². The van der Waals surface area contributed by atoms with E-state index in [9.17, 15) is 15.0 Å². The number of benzene rings is 1. The van der Waals surface area contributed by atoms with E-state index in [0.29, 0.717) is 56.4 Å². The average Bonchev–Trinajstić information content (AvgIpc) is 2.95. The van der Waals surface area contributed by atoms with Crippen molar-refractivity contribution in [2.24, 2.45) is 22.1 Å². The van der Waals surface area contributed by atoms with Crippen molar-refractivity contribution in [3.8, 4) is 23.3 Å². The minimum Gasteiger partial charge on any atom is -0.504 e. The monoisotopic (exact) mass is 571 g/mol. The van der Waals surface area contributed by atoms with Crippen LogP contribution in [0.25, 0.3) is 0 Å². The molecule has 1 aromatic carbocycles. The molecule has 1 aromatic rings. The zero-order valence-corrected chi connectivity index (χ0v) is 25.0. The van der Waals surface area contributed by atoms with Crippen LogP contribution >= 0.6 is 0 Å². The van der Waals surface area contributed by atoms with Crippen LogP contribution in [0.2, 0.25) is 0 Å². The van der Waals surface area contributed by atoms with Crippen LogP contribution in [0.4, 0.5) is 0 Å². The third kappa shape index (κ3) is 10.1. The zero-order chi connectivity index (χ0) is 29.8. The number of carbonyl (C=O) groups excluding carboxylic acids is 1. The van der Waals surface area contributed by atoms with Crippen molar-refractivity contribution >= 4 is 11.9 Å². The van der Waals surface area contributed by atoms with Gasteiger partial charge in [-0.3, -0.25) is 9.79 Å². The van der Waals surface area contributed by atoms with E-state index in [1.54, 1.807) is 13.1 Å². The van der Waals surface area contributed by atoms with E-state index in [0.717, 1.165) is 37.9 Å². The van der Waals surface area contributed by atoms with Crippen LogP contribution in [0.1, 0.15) is 64.4 Å². The molecule has 6 atom stereocenters. The number of nitrogens with zero attached hydrogens (tertiary/aromatic N) is 1. The summed E-state index contributed by atoms with van der Waals surface area (Å²) in [4.78, 5) is 16.0. The number of nitrogens with two attached hydrogens (primary N) is 1. The Bertz CT molecular complexity index is 1080. The lowest BCUT2D eigenvalue weighted by Crippen LogP contribution is -2.46. The van der Waals surface area contributed by atoms with Crippen molar-refractivity contribution in [1.29, 1.82) is 0 Å². The minimum absolute atomic E-state index is 0.00165. The van der Waals surface area contributed by atoms with E-state index in [4.69, 9.17) is 15.2 Å². The second-order valence-electron chi connectivity index (χ2n) is 11.4. The van der Waals surface area contributed by atoms with Crippen molar-refractivity contribution in [3.63, 3.8) is 0 Å². The molecule has 3 rings (SSSR count). The first kappa shape index (κ1) is 32.5. The van der Waals surface area contributed by atoms with Gasteiger partial charge < -0.3 is 41.4 Å². The maximum absolute atomic E-state index is 12.1. The minimum atomic E-state index is -0.644. The van der Waals surface area contributed by atoms with Gasteiger partial charge in [0.05, 0.1) is 6.10 Å². The lowest BCUT2D eigenvalue weighted by molar-refractivity contribution is -0.151. The highest BCUT2D eigenvalue weighted by atomic mass is 16.5. The molecule has 1 saturated heterocycles. The third-order valence-corrected chi connectivity index (χ3v) is 8.26. The van der Waals surface area contributed by atoms with Crippen LogP contribution < -0.4 is 26.4 Å². The molecule has 2 aliphatic rings. The summed E-state index contributed by atoms with van der Waals surface area (Å²) in [6.07, 6.45) is 3.95. The summed E-state index contributed by atoms with van der Waals surface area (Å²) in [5.74, 6) is 7.27. The topological polar surface area (TPSA) is 150 Å². The molecule has 0 radical (unpaired) electrons. The molecule has 0 saturated carbocycles. The second-order valence-corrected chi connectivity index (χ2v) is 11.4. The Hall–Kier alpha value is -3.00. The normalized spacial score (nSPS) is 29.1. The summed E-state index contributed by atoms with van der Waals surface area (Å²) in [6, 6.07) is 5.73. The van der Waals surface area contributed by atoms with Crippen LogP contribution in [-0.4, -0.2) is 80.2 Å². The van der Waals surface area contributed by atoms with Gasteiger partial charge in [-0.05, 0) is 63.4 Å². The van der Waals surface area contributed by atoms with Gasteiger partial charge in [-0.15, -0.1) is 5.92 Å². The molecule has 1 aliphatic carbocycles. The van der Waals surface area contributed by atoms with Gasteiger partial charge in [-0.1, -0.05) is 18.9 Å². The highest BCUT2D eigenvalue weighted by Gasteiger charge is 2.32. The molecule has 41 heavy (non-hydrogen) atoms. The van der Waals surface area contributed by atoms with Crippen molar-refractivity contribution in [1.82, 2.24) is 16.0 Å². The summed E-state index contributed by atoms with van der Waals surface area (Å²) in [6.45, 7) is 5.74.